The number of anilines is 1. The summed E-state index contributed by atoms with van der Waals surface area (Å²) in [4.78, 5) is 34.6. The molecule has 4 N–H and O–H groups in total. The SMILES string of the molecule is Nn1c(SCC(=O)Nc2cc(Cl)ccc2Cl)nnc(CCC(=O)O)c1=O. The lowest BCUT2D eigenvalue weighted by molar-refractivity contribution is -0.137. The number of nitrogens with two attached hydrogens (primary N) is 1. The number of nitrogens with one attached hydrogen (secondary N) is 1. The molecule has 0 aliphatic rings. The van der Waals surface area contributed by atoms with Crippen molar-refractivity contribution in [3.05, 3.63) is 44.3 Å². The van der Waals surface area contributed by atoms with E-state index in [9.17, 15) is 14.4 Å². The van der Waals surface area contributed by atoms with Crippen LogP contribution in [0.2, 0.25) is 10.0 Å². The first kappa shape index (κ1) is 20.0. The second-order valence-corrected chi connectivity index (χ2v) is 6.75. The van der Waals surface area contributed by atoms with E-state index >= 15 is 0 Å². The third-order valence-corrected chi connectivity index (χ3v) is 4.55. The van der Waals surface area contributed by atoms with Crippen molar-refractivity contribution in [1.29, 1.82) is 0 Å². The summed E-state index contributed by atoms with van der Waals surface area (Å²) in [6.07, 6.45) is -0.351. The van der Waals surface area contributed by atoms with Crippen molar-refractivity contribution in [2.45, 2.75) is 18.0 Å². The summed E-state index contributed by atoms with van der Waals surface area (Å²) in [6.45, 7) is 0. The molecule has 0 fully saturated rings. The maximum absolute atomic E-state index is 12.0. The number of aryl methyl sites for hydroxylation is 1. The summed E-state index contributed by atoms with van der Waals surface area (Å²) in [7, 11) is 0. The molecule has 1 heterocycles. The molecule has 0 unspecified atom stereocenters. The van der Waals surface area contributed by atoms with Crippen LogP contribution in [0.1, 0.15) is 12.1 Å². The van der Waals surface area contributed by atoms with Crippen molar-refractivity contribution in [2.75, 3.05) is 16.9 Å². The monoisotopic (exact) mass is 417 g/mol. The fraction of sp³-hybridized carbons (Fsp3) is 0.214. The van der Waals surface area contributed by atoms with Gasteiger partial charge in [0.15, 0.2) is 0 Å². The normalized spacial score (nSPS) is 10.5. The molecule has 0 aliphatic carbocycles. The number of carboxylic acids is 1. The van der Waals surface area contributed by atoms with Gasteiger partial charge in [0, 0.05) is 11.4 Å². The van der Waals surface area contributed by atoms with Crippen LogP contribution in [0, 0.1) is 0 Å². The van der Waals surface area contributed by atoms with Crippen LogP contribution in [0.4, 0.5) is 5.69 Å². The summed E-state index contributed by atoms with van der Waals surface area (Å²) >= 11 is 12.7. The van der Waals surface area contributed by atoms with Gasteiger partial charge in [-0.05, 0) is 18.2 Å². The van der Waals surface area contributed by atoms with Crippen LogP contribution in [0.3, 0.4) is 0 Å². The molecule has 0 spiro atoms. The van der Waals surface area contributed by atoms with E-state index in [1.807, 2.05) is 0 Å². The fourth-order valence-corrected chi connectivity index (χ4v) is 2.80. The average molecular weight is 418 g/mol. The molecular weight excluding hydrogens is 405 g/mol. The highest BCUT2D eigenvalue weighted by atomic mass is 35.5. The molecule has 9 nitrogen and oxygen atoms in total. The minimum Gasteiger partial charge on any atom is -0.481 e. The minimum absolute atomic E-state index is 0.0152. The highest BCUT2D eigenvalue weighted by Crippen LogP contribution is 2.25. The molecular formula is C14H13Cl2N5O4S. The maximum atomic E-state index is 12.0. The van der Waals surface area contributed by atoms with Gasteiger partial charge in [-0.25, -0.2) is 0 Å². The molecule has 26 heavy (non-hydrogen) atoms. The fourth-order valence-electron chi connectivity index (χ4n) is 1.81. The summed E-state index contributed by atoms with van der Waals surface area (Å²) in [6, 6.07) is 4.64. The molecule has 0 bridgehead atoms. The predicted molar refractivity (Wildman–Crippen MR) is 98.2 cm³/mol. The van der Waals surface area contributed by atoms with Crippen molar-refractivity contribution in [3.63, 3.8) is 0 Å². The Morgan fingerprint density at radius 1 is 1.31 bits per heavy atom. The molecule has 0 saturated heterocycles. The molecule has 2 rings (SSSR count). The van der Waals surface area contributed by atoms with Crippen molar-refractivity contribution in [2.24, 2.45) is 0 Å². The summed E-state index contributed by atoms with van der Waals surface area (Å²) in [5.41, 5.74) is -0.374. The topological polar surface area (TPSA) is 140 Å². The van der Waals surface area contributed by atoms with E-state index in [0.29, 0.717) is 15.7 Å². The zero-order chi connectivity index (χ0) is 19.3. The van der Waals surface area contributed by atoms with E-state index in [2.05, 4.69) is 15.5 Å². The molecule has 0 aliphatic heterocycles. The van der Waals surface area contributed by atoms with Crippen LogP contribution in [0.25, 0.3) is 0 Å². The largest absolute Gasteiger partial charge is 0.481 e. The number of carbonyl (C=O) groups excluding carboxylic acids is 1. The highest BCUT2D eigenvalue weighted by molar-refractivity contribution is 7.99. The predicted octanol–water partition coefficient (Wildman–Crippen LogP) is 1.41. The van der Waals surface area contributed by atoms with Gasteiger partial charge in [0.05, 0.1) is 22.9 Å². The maximum Gasteiger partial charge on any atom is 0.303 e. The standard InChI is InChI=1S/C14H13Cl2N5O4S/c15-7-1-2-8(16)10(5-7)18-11(22)6-26-14-20-19-9(3-4-12(23)24)13(25)21(14)17/h1-2,5H,3-4,6,17H2,(H,18,22)(H,23,24). The lowest BCUT2D eigenvalue weighted by Crippen LogP contribution is -2.34. The number of benzene rings is 1. The Balaban J connectivity index is 2.01. The van der Waals surface area contributed by atoms with Gasteiger partial charge in [0.2, 0.25) is 11.1 Å². The van der Waals surface area contributed by atoms with Gasteiger partial charge in [0.25, 0.3) is 5.56 Å². The number of nitrogens with zero attached hydrogens (tertiary/aromatic N) is 3. The Morgan fingerprint density at radius 2 is 2.04 bits per heavy atom. The molecule has 0 atom stereocenters. The van der Waals surface area contributed by atoms with Crippen molar-refractivity contribution >= 4 is 52.5 Å². The Bertz CT molecular complexity index is 905. The van der Waals surface area contributed by atoms with Gasteiger partial charge in [-0.3, -0.25) is 14.4 Å². The summed E-state index contributed by atoms with van der Waals surface area (Å²) in [5.74, 6) is 4.05. The Hall–Kier alpha value is -2.30. The molecule has 0 radical (unpaired) electrons. The zero-order valence-corrected chi connectivity index (χ0v) is 15.4. The first-order chi connectivity index (χ1) is 12.3. The van der Waals surface area contributed by atoms with Crippen LogP contribution in [0.15, 0.2) is 28.2 Å². The number of thioether (sulfide) groups is 1. The van der Waals surface area contributed by atoms with Gasteiger partial charge in [-0.1, -0.05) is 35.0 Å². The number of halogens is 2. The number of hydrogen-bond donors (Lipinski definition) is 3. The Kier molecular flexibility index (Phi) is 6.83. The van der Waals surface area contributed by atoms with Gasteiger partial charge >= 0.3 is 5.97 Å². The average Bonchev–Trinajstić information content (AvgIpc) is 2.58. The third kappa shape index (κ3) is 5.35. The van der Waals surface area contributed by atoms with E-state index in [0.717, 1.165) is 16.4 Å². The molecule has 1 aromatic heterocycles. The Morgan fingerprint density at radius 3 is 2.73 bits per heavy atom. The number of rotatable bonds is 7. The van der Waals surface area contributed by atoms with Crippen LogP contribution < -0.4 is 16.7 Å². The number of hydrogen-bond acceptors (Lipinski definition) is 7. The molecule has 1 aromatic carbocycles. The molecule has 2 aromatic rings. The summed E-state index contributed by atoms with van der Waals surface area (Å²) in [5, 5.41) is 19.4. The second-order valence-electron chi connectivity index (χ2n) is 4.96. The second kappa shape index (κ2) is 8.88. The van der Waals surface area contributed by atoms with Crippen molar-refractivity contribution in [3.8, 4) is 0 Å². The zero-order valence-electron chi connectivity index (χ0n) is 13.1. The molecule has 1 amide bonds. The Labute approximate surface area is 161 Å². The number of amides is 1. The number of aliphatic carboxylic acids is 1. The first-order valence-electron chi connectivity index (χ1n) is 7.11. The van der Waals surface area contributed by atoms with Crippen molar-refractivity contribution in [1.82, 2.24) is 14.9 Å². The van der Waals surface area contributed by atoms with Gasteiger partial charge in [-0.15, -0.1) is 10.2 Å². The highest BCUT2D eigenvalue weighted by Gasteiger charge is 2.14. The molecule has 12 heteroatoms. The van der Waals surface area contributed by atoms with E-state index in [4.69, 9.17) is 34.2 Å². The minimum atomic E-state index is -1.07. The van der Waals surface area contributed by atoms with Crippen molar-refractivity contribution < 1.29 is 14.7 Å². The first-order valence-corrected chi connectivity index (χ1v) is 8.85. The van der Waals surface area contributed by atoms with Crippen LogP contribution in [-0.4, -0.2) is 37.6 Å². The lowest BCUT2D eigenvalue weighted by Gasteiger charge is -2.09. The van der Waals surface area contributed by atoms with E-state index < -0.39 is 17.4 Å². The molecule has 138 valence electrons. The third-order valence-electron chi connectivity index (χ3n) is 3.04. The smallest absolute Gasteiger partial charge is 0.303 e. The summed E-state index contributed by atoms with van der Waals surface area (Å²) < 4.78 is 0.731. The van der Waals surface area contributed by atoms with E-state index in [1.165, 1.54) is 6.07 Å². The van der Waals surface area contributed by atoms with Gasteiger partial charge in [-0.2, -0.15) is 4.68 Å². The quantitative estimate of drug-likeness (QED) is 0.453. The number of nitrogen functional groups attached to an aromatic ring is 1. The van der Waals surface area contributed by atoms with Crippen LogP contribution in [0.5, 0.6) is 0 Å². The van der Waals surface area contributed by atoms with Crippen LogP contribution in [-0.2, 0) is 16.0 Å². The molecule has 0 saturated carbocycles. The van der Waals surface area contributed by atoms with Crippen LogP contribution >= 0.6 is 35.0 Å². The number of carboxylic acid groups (broad SMARTS) is 1. The van der Waals surface area contributed by atoms with Gasteiger partial charge in [0.1, 0.15) is 5.69 Å². The van der Waals surface area contributed by atoms with E-state index in [-0.39, 0.29) is 29.4 Å². The number of carbonyl (C=O) groups is 2. The number of aromatic nitrogens is 3. The van der Waals surface area contributed by atoms with E-state index in [1.54, 1.807) is 12.1 Å². The van der Waals surface area contributed by atoms with Gasteiger partial charge < -0.3 is 16.3 Å². The lowest BCUT2D eigenvalue weighted by atomic mass is 10.2.